The largest absolute Gasteiger partial charge is 0.465 e. The van der Waals surface area contributed by atoms with Crippen molar-refractivity contribution in [3.8, 4) is 0 Å². The van der Waals surface area contributed by atoms with Crippen molar-refractivity contribution >= 4 is 17.0 Å². The minimum absolute atomic E-state index is 0.183. The molecule has 8 heteroatoms. The summed E-state index contributed by atoms with van der Waals surface area (Å²) >= 11 is 0. The van der Waals surface area contributed by atoms with Crippen LogP contribution in [0.1, 0.15) is 17.1 Å². The number of aromatic amines is 1. The van der Waals surface area contributed by atoms with E-state index in [0.29, 0.717) is 12.5 Å². The van der Waals surface area contributed by atoms with Crippen LogP contribution in [0.15, 0.2) is 62.7 Å². The van der Waals surface area contributed by atoms with Crippen LogP contribution in [0.5, 0.6) is 0 Å². The first-order valence-electron chi connectivity index (χ1n) is 8.43. The molecule has 0 unspecified atom stereocenters. The van der Waals surface area contributed by atoms with Gasteiger partial charge in [-0.05, 0) is 24.6 Å². The van der Waals surface area contributed by atoms with E-state index in [2.05, 4.69) is 20.3 Å². The highest BCUT2D eigenvalue weighted by atomic mass is 16.3. The van der Waals surface area contributed by atoms with E-state index in [9.17, 15) is 9.59 Å². The Hall–Kier alpha value is -3.68. The number of nitrogens with one attached hydrogen (secondary N) is 2. The third kappa shape index (κ3) is 3.50. The Morgan fingerprint density at radius 3 is 2.70 bits per heavy atom. The zero-order valence-corrected chi connectivity index (χ0v) is 14.6. The average molecular weight is 363 g/mol. The van der Waals surface area contributed by atoms with Crippen molar-refractivity contribution in [3.05, 3.63) is 86.6 Å². The maximum absolute atomic E-state index is 12.7. The number of furan rings is 1. The fourth-order valence-electron chi connectivity index (χ4n) is 2.78. The Morgan fingerprint density at radius 1 is 1.15 bits per heavy atom. The highest BCUT2D eigenvalue weighted by Crippen LogP contribution is 2.10. The maximum Gasteiger partial charge on any atom is 0.330 e. The molecule has 0 amide bonds. The van der Waals surface area contributed by atoms with Crippen LogP contribution in [0.3, 0.4) is 0 Å². The van der Waals surface area contributed by atoms with Gasteiger partial charge in [-0.15, -0.1) is 0 Å². The zero-order valence-electron chi connectivity index (χ0n) is 14.6. The molecule has 0 spiro atoms. The van der Waals surface area contributed by atoms with Crippen LogP contribution in [0.25, 0.3) is 11.0 Å². The number of nitrogens with zero attached hydrogens (tertiary/aromatic N) is 3. The second kappa shape index (κ2) is 6.91. The van der Waals surface area contributed by atoms with Gasteiger partial charge in [-0.2, -0.15) is 4.98 Å². The topological polar surface area (TPSA) is 106 Å². The molecule has 0 atom stereocenters. The van der Waals surface area contributed by atoms with Crippen molar-refractivity contribution in [1.82, 2.24) is 19.5 Å². The molecule has 0 saturated carbocycles. The summed E-state index contributed by atoms with van der Waals surface area (Å²) in [5.74, 6) is 1.85. The Balaban J connectivity index is 1.64. The van der Waals surface area contributed by atoms with Gasteiger partial charge in [-0.3, -0.25) is 14.3 Å². The number of benzene rings is 1. The van der Waals surface area contributed by atoms with Gasteiger partial charge in [-0.25, -0.2) is 9.78 Å². The molecule has 4 rings (SSSR count). The van der Waals surface area contributed by atoms with Gasteiger partial charge in [0.25, 0.3) is 5.56 Å². The molecule has 4 aromatic rings. The molecule has 0 fully saturated rings. The molecule has 1 aromatic carbocycles. The monoisotopic (exact) mass is 363 g/mol. The van der Waals surface area contributed by atoms with Gasteiger partial charge in [-0.1, -0.05) is 30.3 Å². The Kier molecular flexibility index (Phi) is 4.29. The van der Waals surface area contributed by atoms with Crippen molar-refractivity contribution < 1.29 is 4.42 Å². The molecule has 3 aromatic heterocycles. The second-order valence-corrected chi connectivity index (χ2v) is 6.13. The lowest BCUT2D eigenvalue weighted by Gasteiger charge is -2.07. The quantitative estimate of drug-likeness (QED) is 0.562. The summed E-state index contributed by atoms with van der Waals surface area (Å²) in [7, 11) is 0. The third-order valence-corrected chi connectivity index (χ3v) is 4.14. The summed E-state index contributed by atoms with van der Waals surface area (Å²) in [4.78, 5) is 36.1. The summed E-state index contributed by atoms with van der Waals surface area (Å²) < 4.78 is 6.61. The smallest absolute Gasteiger partial charge is 0.330 e. The van der Waals surface area contributed by atoms with Crippen molar-refractivity contribution in [2.45, 2.75) is 20.0 Å². The van der Waals surface area contributed by atoms with Crippen LogP contribution >= 0.6 is 0 Å². The summed E-state index contributed by atoms with van der Waals surface area (Å²) in [6, 6.07) is 13.0. The molecule has 2 N–H and O–H groups in total. The van der Waals surface area contributed by atoms with Gasteiger partial charge in [0.2, 0.25) is 5.95 Å². The zero-order chi connectivity index (χ0) is 18.8. The fourth-order valence-corrected chi connectivity index (χ4v) is 2.78. The van der Waals surface area contributed by atoms with Gasteiger partial charge in [0.15, 0.2) is 5.65 Å². The molecule has 0 saturated heterocycles. The molecule has 27 heavy (non-hydrogen) atoms. The molecule has 136 valence electrons. The van der Waals surface area contributed by atoms with E-state index >= 15 is 0 Å². The minimum atomic E-state index is -0.511. The van der Waals surface area contributed by atoms with E-state index in [0.717, 1.165) is 21.7 Å². The number of hydrogen-bond acceptors (Lipinski definition) is 6. The van der Waals surface area contributed by atoms with Gasteiger partial charge in [0, 0.05) is 6.20 Å². The number of rotatable bonds is 5. The fraction of sp³-hybridized carbons (Fsp3) is 0.158. The summed E-state index contributed by atoms with van der Waals surface area (Å²) in [6.07, 6.45) is 1.41. The van der Waals surface area contributed by atoms with E-state index in [-0.39, 0.29) is 17.6 Å². The summed E-state index contributed by atoms with van der Waals surface area (Å²) in [6.45, 7) is 2.44. The minimum Gasteiger partial charge on any atom is -0.465 e. The summed E-state index contributed by atoms with van der Waals surface area (Å²) in [5.41, 5.74) is 0.119. The van der Waals surface area contributed by atoms with Crippen molar-refractivity contribution in [3.63, 3.8) is 0 Å². The van der Waals surface area contributed by atoms with Crippen molar-refractivity contribution in [1.29, 1.82) is 0 Å². The number of anilines is 1. The van der Waals surface area contributed by atoms with E-state index in [1.807, 2.05) is 49.4 Å². The molecular formula is C19H17N5O3. The molecule has 0 bridgehead atoms. The SMILES string of the molecule is Cc1ccc(CNc2ncc3c(=O)n(Cc4ccccc4)c(=O)[nH]c3n2)o1. The van der Waals surface area contributed by atoms with Gasteiger partial charge in [0.05, 0.1) is 13.1 Å². The lowest BCUT2D eigenvalue weighted by Crippen LogP contribution is -2.35. The molecule has 8 nitrogen and oxygen atoms in total. The molecule has 0 aliphatic rings. The highest BCUT2D eigenvalue weighted by Gasteiger charge is 2.11. The van der Waals surface area contributed by atoms with Gasteiger partial charge >= 0.3 is 5.69 Å². The highest BCUT2D eigenvalue weighted by molar-refractivity contribution is 5.73. The van der Waals surface area contributed by atoms with Gasteiger partial charge in [0.1, 0.15) is 16.9 Å². The Labute approximate surface area is 153 Å². The third-order valence-electron chi connectivity index (χ3n) is 4.14. The number of H-pyrrole nitrogens is 1. The van der Waals surface area contributed by atoms with E-state index in [1.54, 1.807) is 0 Å². The van der Waals surface area contributed by atoms with E-state index in [1.165, 1.54) is 6.20 Å². The van der Waals surface area contributed by atoms with E-state index in [4.69, 9.17) is 4.42 Å². The molecule has 0 aliphatic carbocycles. The van der Waals surface area contributed by atoms with Crippen molar-refractivity contribution in [2.75, 3.05) is 5.32 Å². The Morgan fingerprint density at radius 2 is 1.96 bits per heavy atom. The number of fused-ring (bicyclic) bond motifs is 1. The maximum atomic E-state index is 12.7. The molecule has 0 radical (unpaired) electrons. The van der Waals surface area contributed by atoms with Crippen LogP contribution in [-0.2, 0) is 13.1 Å². The first kappa shape index (κ1) is 16.8. The van der Waals surface area contributed by atoms with Crippen LogP contribution < -0.4 is 16.6 Å². The average Bonchev–Trinajstić information content (AvgIpc) is 3.09. The molecule has 0 aliphatic heterocycles. The van der Waals surface area contributed by atoms with Crippen LogP contribution in [-0.4, -0.2) is 19.5 Å². The second-order valence-electron chi connectivity index (χ2n) is 6.13. The van der Waals surface area contributed by atoms with Crippen LogP contribution in [0, 0.1) is 6.92 Å². The first-order chi connectivity index (χ1) is 13.1. The summed E-state index contributed by atoms with van der Waals surface area (Å²) in [5, 5.41) is 3.27. The van der Waals surface area contributed by atoms with E-state index < -0.39 is 11.2 Å². The lowest BCUT2D eigenvalue weighted by molar-refractivity contribution is 0.490. The molecule has 3 heterocycles. The predicted octanol–water partition coefficient (Wildman–Crippen LogP) is 2.04. The standard InChI is InChI=1S/C19H17N5O3/c1-12-7-8-14(27-12)9-20-18-21-10-15-16(22-18)23-19(26)24(17(15)25)11-13-5-3-2-4-6-13/h2-8,10H,9,11H2,1H3,(H2,20,21,22,23,26). The first-order valence-corrected chi connectivity index (χ1v) is 8.43. The lowest BCUT2D eigenvalue weighted by atomic mass is 10.2. The van der Waals surface area contributed by atoms with Gasteiger partial charge < -0.3 is 9.73 Å². The Bertz CT molecular complexity index is 1210. The number of aryl methyl sites for hydroxylation is 1. The number of hydrogen-bond donors (Lipinski definition) is 2. The normalized spacial score (nSPS) is 11.0. The predicted molar refractivity (Wildman–Crippen MR) is 101 cm³/mol. The van der Waals surface area contributed by atoms with Crippen molar-refractivity contribution in [2.24, 2.45) is 0 Å². The van der Waals surface area contributed by atoms with Crippen LogP contribution in [0.4, 0.5) is 5.95 Å². The number of aromatic nitrogens is 4. The molecular weight excluding hydrogens is 346 g/mol. The van der Waals surface area contributed by atoms with Crippen LogP contribution in [0.2, 0.25) is 0 Å².